The highest BCUT2D eigenvalue weighted by molar-refractivity contribution is 7.92. The third-order valence-electron chi connectivity index (χ3n) is 4.28. The molecule has 0 saturated heterocycles. The van der Waals surface area contributed by atoms with E-state index in [9.17, 15) is 17.6 Å². The molecule has 0 spiro atoms. The molecule has 9 heteroatoms. The number of thiophene rings is 1. The molecule has 4 rings (SSSR count). The van der Waals surface area contributed by atoms with Gasteiger partial charge in [-0.25, -0.2) is 12.8 Å². The maximum atomic E-state index is 13.1. The van der Waals surface area contributed by atoms with E-state index in [1.165, 1.54) is 17.4 Å². The Morgan fingerprint density at radius 2 is 1.53 bits per heavy atom. The van der Waals surface area contributed by atoms with Crippen molar-refractivity contribution in [1.29, 1.82) is 0 Å². The third-order valence-corrected chi connectivity index (χ3v) is 7.34. The van der Waals surface area contributed by atoms with Gasteiger partial charge in [0.15, 0.2) is 0 Å². The van der Waals surface area contributed by atoms with Crippen LogP contribution >= 0.6 is 22.9 Å². The first-order chi connectivity index (χ1) is 14.3. The van der Waals surface area contributed by atoms with E-state index in [1.54, 1.807) is 18.2 Å². The number of para-hydroxylation sites is 2. The smallest absolute Gasteiger partial charge is 0.267 e. The van der Waals surface area contributed by atoms with Gasteiger partial charge < -0.3 is 5.32 Å². The molecule has 4 aromatic rings. The van der Waals surface area contributed by atoms with Gasteiger partial charge in [-0.05, 0) is 42.5 Å². The van der Waals surface area contributed by atoms with Gasteiger partial charge in [0.2, 0.25) is 0 Å². The summed E-state index contributed by atoms with van der Waals surface area (Å²) in [5.41, 5.74) is 0.439. The predicted octanol–water partition coefficient (Wildman–Crippen LogP) is 5.75. The number of carbonyl (C=O) groups is 1. The van der Waals surface area contributed by atoms with Crippen molar-refractivity contribution in [2.24, 2.45) is 0 Å². The van der Waals surface area contributed by atoms with E-state index < -0.39 is 21.7 Å². The molecule has 1 heterocycles. The van der Waals surface area contributed by atoms with Crippen LogP contribution in [0.3, 0.4) is 0 Å². The molecule has 0 radical (unpaired) electrons. The highest BCUT2D eigenvalue weighted by Gasteiger charge is 2.20. The van der Waals surface area contributed by atoms with E-state index >= 15 is 0 Å². The number of anilines is 2. The molecule has 0 bridgehead atoms. The summed E-state index contributed by atoms with van der Waals surface area (Å²) in [4.78, 5) is 13.1. The normalized spacial score (nSPS) is 11.4. The van der Waals surface area contributed by atoms with Crippen LogP contribution in [0.1, 0.15) is 9.67 Å². The van der Waals surface area contributed by atoms with Crippen molar-refractivity contribution in [1.82, 2.24) is 0 Å². The lowest BCUT2D eigenvalue weighted by molar-refractivity contribution is 0.103. The summed E-state index contributed by atoms with van der Waals surface area (Å²) in [5, 5.41) is 3.83. The summed E-state index contributed by atoms with van der Waals surface area (Å²) in [6.45, 7) is 0. The third kappa shape index (κ3) is 4.02. The summed E-state index contributed by atoms with van der Waals surface area (Å²) < 4.78 is 41.7. The summed E-state index contributed by atoms with van der Waals surface area (Å²) in [5.74, 6) is -0.989. The standard InChI is InChI=1S/C21H14ClFN2O3S2/c22-19-15-5-1-4-8-18(15)29-20(19)21(26)24-16-6-2-3-7-17(16)25-30(27,28)14-11-9-13(23)10-12-14/h1-12,25H,(H,24,26). The average molecular weight is 461 g/mol. The number of benzene rings is 3. The molecule has 30 heavy (non-hydrogen) atoms. The number of fused-ring (bicyclic) bond motifs is 1. The number of nitrogens with one attached hydrogen (secondary N) is 2. The largest absolute Gasteiger partial charge is 0.319 e. The Hall–Kier alpha value is -2.94. The second-order valence-electron chi connectivity index (χ2n) is 6.30. The van der Waals surface area contributed by atoms with Gasteiger partial charge in [-0.3, -0.25) is 9.52 Å². The monoisotopic (exact) mass is 460 g/mol. The van der Waals surface area contributed by atoms with Crippen LogP contribution in [0.2, 0.25) is 5.02 Å². The molecule has 0 atom stereocenters. The SMILES string of the molecule is O=C(Nc1ccccc1NS(=O)(=O)c1ccc(F)cc1)c1sc2ccccc2c1Cl. The van der Waals surface area contributed by atoms with E-state index in [2.05, 4.69) is 10.0 Å². The number of amides is 1. The molecule has 0 saturated carbocycles. The molecular weight excluding hydrogens is 447 g/mol. The zero-order valence-corrected chi connectivity index (χ0v) is 17.6. The molecule has 0 aliphatic heterocycles. The lowest BCUT2D eigenvalue weighted by Crippen LogP contribution is -2.17. The Morgan fingerprint density at radius 1 is 0.900 bits per heavy atom. The molecule has 0 aliphatic carbocycles. The van der Waals surface area contributed by atoms with Gasteiger partial charge in [0, 0.05) is 10.1 Å². The Bertz CT molecular complexity index is 1350. The van der Waals surface area contributed by atoms with Gasteiger partial charge in [-0.2, -0.15) is 0 Å². The van der Waals surface area contributed by atoms with E-state index in [0.717, 1.165) is 34.4 Å². The molecule has 1 aromatic heterocycles. The average Bonchev–Trinajstić information content (AvgIpc) is 3.07. The predicted molar refractivity (Wildman–Crippen MR) is 118 cm³/mol. The zero-order chi connectivity index (χ0) is 21.3. The van der Waals surface area contributed by atoms with Gasteiger partial charge in [-0.1, -0.05) is 41.9 Å². The first-order valence-corrected chi connectivity index (χ1v) is 11.4. The van der Waals surface area contributed by atoms with Gasteiger partial charge in [0.1, 0.15) is 10.7 Å². The van der Waals surface area contributed by atoms with Gasteiger partial charge in [-0.15, -0.1) is 11.3 Å². The van der Waals surface area contributed by atoms with Crippen molar-refractivity contribution in [3.8, 4) is 0 Å². The van der Waals surface area contributed by atoms with Gasteiger partial charge in [0.05, 0.1) is 21.3 Å². The topological polar surface area (TPSA) is 75.3 Å². The van der Waals surface area contributed by atoms with Crippen LogP contribution in [-0.4, -0.2) is 14.3 Å². The van der Waals surface area contributed by atoms with Crippen molar-refractivity contribution in [3.05, 3.63) is 88.5 Å². The summed E-state index contributed by atoms with van der Waals surface area (Å²) in [7, 11) is -3.97. The lowest BCUT2D eigenvalue weighted by atomic mass is 10.2. The Balaban J connectivity index is 1.62. The number of carbonyl (C=O) groups excluding carboxylic acids is 1. The number of halogens is 2. The van der Waals surface area contributed by atoms with Gasteiger partial charge >= 0.3 is 0 Å². The fourth-order valence-corrected chi connectivity index (χ4v) is 5.33. The maximum Gasteiger partial charge on any atom is 0.267 e. The maximum absolute atomic E-state index is 13.1. The second kappa shape index (κ2) is 8.06. The van der Waals surface area contributed by atoms with Crippen molar-refractivity contribution in [2.45, 2.75) is 4.90 Å². The number of rotatable bonds is 5. The number of sulfonamides is 1. The van der Waals surface area contributed by atoms with Crippen LogP contribution < -0.4 is 10.0 Å². The van der Waals surface area contributed by atoms with Crippen molar-refractivity contribution in [3.63, 3.8) is 0 Å². The minimum absolute atomic E-state index is 0.0995. The van der Waals surface area contributed by atoms with Crippen molar-refractivity contribution >= 4 is 60.3 Å². The fraction of sp³-hybridized carbons (Fsp3) is 0. The summed E-state index contributed by atoms with van der Waals surface area (Å²) >= 11 is 7.62. The highest BCUT2D eigenvalue weighted by Crippen LogP contribution is 2.36. The molecule has 0 fully saturated rings. The van der Waals surface area contributed by atoms with Crippen LogP contribution in [-0.2, 0) is 10.0 Å². The van der Waals surface area contributed by atoms with Crippen LogP contribution in [0, 0.1) is 5.82 Å². The van der Waals surface area contributed by atoms with E-state index in [4.69, 9.17) is 11.6 Å². The molecule has 152 valence electrons. The Morgan fingerprint density at radius 3 is 2.23 bits per heavy atom. The molecule has 3 aromatic carbocycles. The Labute approximate surface area is 181 Å². The zero-order valence-electron chi connectivity index (χ0n) is 15.2. The second-order valence-corrected chi connectivity index (χ2v) is 9.41. The van der Waals surface area contributed by atoms with Crippen LogP contribution in [0.4, 0.5) is 15.8 Å². The summed E-state index contributed by atoms with van der Waals surface area (Å²) in [6.07, 6.45) is 0. The molecule has 0 unspecified atom stereocenters. The van der Waals surface area contributed by atoms with Gasteiger partial charge in [0.25, 0.3) is 15.9 Å². The first-order valence-electron chi connectivity index (χ1n) is 8.71. The minimum atomic E-state index is -3.97. The van der Waals surface area contributed by atoms with Crippen LogP contribution in [0.25, 0.3) is 10.1 Å². The van der Waals surface area contributed by atoms with Crippen molar-refractivity contribution in [2.75, 3.05) is 10.0 Å². The summed E-state index contributed by atoms with van der Waals surface area (Å²) in [6, 6.07) is 18.2. The highest BCUT2D eigenvalue weighted by atomic mass is 35.5. The van der Waals surface area contributed by atoms with E-state index in [-0.39, 0.29) is 16.3 Å². The molecule has 1 amide bonds. The minimum Gasteiger partial charge on any atom is -0.319 e. The number of hydrogen-bond donors (Lipinski definition) is 2. The number of hydrogen-bond acceptors (Lipinski definition) is 4. The molecule has 2 N–H and O–H groups in total. The quantitative estimate of drug-likeness (QED) is 0.398. The van der Waals surface area contributed by atoms with E-state index in [1.807, 2.05) is 24.3 Å². The van der Waals surface area contributed by atoms with Crippen LogP contribution in [0.15, 0.2) is 77.7 Å². The lowest BCUT2D eigenvalue weighted by Gasteiger charge is -2.13. The van der Waals surface area contributed by atoms with Crippen molar-refractivity contribution < 1.29 is 17.6 Å². The first kappa shape index (κ1) is 20.3. The Kier molecular flexibility index (Phi) is 5.46. The molecule has 0 aliphatic rings. The molecular formula is C21H14ClFN2O3S2. The van der Waals surface area contributed by atoms with E-state index in [0.29, 0.717) is 9.90 Å². The fourth-order valence-electron chi connectivity index (χ4n) is 2.84. The van der Waals surface area contributed by atoms with Crippen LogP contribution in [0.5, 0.6) is 0 Å². The molecule has 5 nitrogen and oxygen atoms in total.